The highest BCUT2D eigenvalue weighted by atomic mass is 16.3. The van der Waals surface area contributed by atoms with Gasteiger partial charge in [0.05, 0.1) is 35.8 Å². The van der Waals surface area contributed by atoms with Gasteiger partial charge >= 0.3 is 0 Å². The van der Waals surface area contributed by atoms with Crippen molar-refractivity contribution in [2.24, 2.45) is 11.1 Å². The number of hydrogen-bond acceptors (Lipinski definition) is 3. The van der Waals surface area contributed by atoms with Gasteiger partial charge in [0.1, 0.15) is 0 Å². The van der Waals surface area contributed by atoms with E-state index in [0.717, 1.165) is 16.8 Å². The van der Waals surface area contributed by atoms with Crippen LogP contribution in [0.4, 0.5) is 0 Å². The summed E-state index contributed by atoms with van der Waals surface area (Å²) in [5, 5.41) is 10.7. The van der Waals surface area contributed by atoms with Crippen LogP contribution in [0.5, 0.6) is 0 Å². The second kappa shape index (κ2) is 4.18. The predicted octanol–water partition coefficient (Wildman–Crippen LogP) is 1.33. The molecule has 0 radical (unpaired) electrons. The van der Waals surface area contributed by atoms with Crippen LogP contribution in [-0.2, 0) is 4.79 Å². The Balaban J connectivity index is 2.14. The van der Waals surface area contributed by atoms with Crippen LogP contribution in [0.25, 0.3) is 11.3 Å². The van der Waals surface area contributed by atoms with Crippen LogP contribution in [0, 0.1) is 5.41 Å². The molecule has 1 aliphatic heterocycles. The van der Waals surface area contributed by atoms with Gasteiger partial charge in [-0.25, -0.2) is 4.98 Å². The number of carbonyl (C=O) groups is 1. The minimum Gasteiger partial charge on any atom is -0.389 e. The average Bonchev–Trinajstić information content (AvgIpc) is 2.97. The van der Waals surface area contributed by atoms with Crippen molar-refractivity contribution in [3.05, 3.63) is 42.4 Å². The maximum absolute atomic E-state index is 11.6. The first kappa shape index (κ1) is 12.9. The highest BCUT2D eigenvalue weighted by Gasteiger charge is 2.44. The van der Waals surface area contributed by atoms with Gasteiger partial charge in [0, 0.05) is 5.56 Å². The molecule has 1 amide bonds. The highest BCUT2D eigenvalue weighted by Crippen LogP contribution is 2.44. The third-order valence-corrected chi connectivity index (χ3v) is 4.19. The number of nitrogens with zero attached hydrogens (tertiary/aromatic N) is 2. The second-order valence-electron chi connectivity index (χ2n) is 5.75. The lowest BCUT2D eigenvalue weighted by Crippen LogP contribution is -2.45. The molecule has 20 heavy (non-hydrogen) atoms. The zero-order valence-electron chi connectivity index (χ0n) is 11.4. The molecule has 1 aliphatic rings. The molecule has 1 aromatic carbocycles. The van der Waals surface area contributed by atoms with E-state index in [1.165, 1.54) is 0 Å². The summed E-state index contributed by atoms with van der Waals surface area (Å²) in [6, 6.07) is 7.49. The van der Waals surface area contributed by atoms with Crippen molar-refractivity contribution in [3.63, 3.8) is 0 Å². The van der Waals surface area contributed by atoms with Gasteiger partial charge in [-0.05, 0) is 19.4 Å². The molecule has 0 spiro atoms. The molecule has 104 valence electrons. The van der Waals surface area contributed by atoms with Crippen LogP contribution in [-0.4, -0.2) is 26.7 Å². The standard InChI is InChI=1S/C15H17N3O2/c1-15(2,14(16)20)13(19)12-10-6-4-3-5-9(10)11-7-17-8-18(11)12/h3-8,12-13,19H,1-2H3,(H2,16,20)/t12-,13?/m1/s1. The number of amides is 1. The quantitative estimate of drug-likeness (QED) is 0.883. The number of rotatable bonds is 3. The number of carbonyl (C=O) groups excluding carboxylic acids is 1. The molecule has 5 nitrogen and oxygen atoms in total. The molecule has 0 aliphatic carbocycles. The van der Waals surface area contributed by atoms with E-state index in [1.54, 1.807) is 26.4 Å². The lowest BCUT2D eigenvalue weighted by molar-refractivity contribution is -0.133. The molecule has 3 N–H and O–H groups in total. The van der Waals surface area contributed by atoms with Crippen molar-refractivity contribution < 1.29 is 9.90 Å². The van der Waals surface area contributed by atoms with Gasteiger partial charge in [0.2, 0.25) is 5.91 Å². The minimum absolute atomic E-state index is 0.341. The fraction of sp³-hybridized carbons (Fsp3) is 0.333. The Bertz CT molecular complexity index is 675. The second-order valence-corrected chi connectivity index (χ2v) is 5.75. The summed E-state index contributed by atoms with van der Waals surface area (Å²) < 4.78 is 1.90. The summed E-state index contributed by atoms with van der Waals surface area (Å²) >= 11 is 0. The lowest BCUT2D eigenvalue weighted by Gasteiger charge is -2.32. The lowest BCUT2D eigenvalue weighted by atomic mass is 9.80. The molecule has 5 heteroatoms. The van der Waals surface area contributed by atoms with Gasteiger partial charge in [0.25, 0.3) is 0 Å². The molecule has 2 aromatic rings. The maximum Gasteiger partial charge on any atom is 0.225 e. The zero-order chi connectivity index (χ0) is 14.5. The van der Waals surface area contributed by atoms with E-state index in [9.17, 15) is 9.90 Å². The normalized spacial score (nSPS) is 18.4. The number of aliphatic hydroxyl groups is 1. The summed E-state index contributed by atoms with van der Waals surface area (Å²) in [5.74, 6) is -0.518. The SMILES string of the molecule is CC(C)(C(N)=O)C(O)[C@H]1c2ccccc2-c2cncn21. The van der Waals surface area contributed by atoms with Gasteiger partial charge in [-0.2, -0.15) is 0 Å². The number of imidazole rings is 1. The number of fused-ring (bicyclic) bond motifs is 3. The number of primary amides is 1. The van der Waals surface area contributed by atoms with Crippen LogP contribution < -0.4 is 5.73 Å². The van der Waals surface area contributed by atoms with E-state index in [1.807, 2.05) is 28.8 Å². The molecule has 0 fully saturated rings. The summed E-state index contributed by atoms with van der Waals surface area (Å²) in [6.45, 7) is 3.33. The Morgan fingerprint density at radius 3 is 2.85 bits per heavy atom. The van der Waals surface area contributed by atoms with Gasteiger partial charge in [0.15, 0.2) is 0 Å². The van der Waals surface area contributed by atoms with Gasteiger partial charge < -0.3 is 15.4 Å². The Morgan fingerprint density at radius 1 is 1.45 bits per heavy atom. The van der Waals surface area contributed by atoms with Crippen LogP contribution in [0.2, 0.25) is 0 Å². The predicted molar refractivity (Wildman–Crippen MR) is 74.8 cm³/mol. The van der Waals surface area contributed by atoms with Crippen molar-refractivity contribution in [1.82, 2.24) is 9.55 Å². The monoisotopic (exact) mass is 271 g/mol. The Morgan fingerprint density at radius 2 is 2.15 bits per heavy atom. The van der Waals surface area contributed by atoms with Crippen LogP contribution in [0.1, 0.15) is 25.5 Å². The first-order valence-electron chi connectivity index (χ1n) is 6.53. The third kappa shape index (κ3) is 1.59. The number of hydrogen-bond donors (Lipinski definition) is 2. The fourth-order valence-corrected chi connectivity index (χ4v) is 2.74. The summed E-state index contributed by atoms with van der Waals surface area (Å²) in [7, 11) is 0. The Labute approximate surface area is 117 Å². The molecule has 1 unspecified atom stereocenters. The molecule has 0 saturated carbocycles. The maximum atomic E-state index is 11.6. The summed E-state index contributed by atoms with van der Waals surface area (Å²) in [5.41, 5.74) is 7.38. The van der Waals surface area contributed by atoms with Crippen LogP contribution >= 0.6 is 0 Å². The molecule has 1 aromatic heterocycles. The average molecular weight is 271 g/mol. The van der Waals surface area contributed by atoms with E-state index in [4.69, 9.17) is 5.73 Å². The zero-order valence-corrected chi connectivity index (χ0v) is 11.4. The highest BCUT2D eigenvalue weighted by molar-refractivity contribution is 5.81. The first-order chi connectivity index (χ1) is 9.44. The molecular weight excluding hydrogens is 254 g/mol. The van der Waals surface area contributed by atoms with E-state index in [-0.39, 0.29) is 6.04 Å². The van der Waals surface area contributed by atoms with Crippen molar-refractivity contribution in [1.29, 1.82) is 0 Å². The van der Waals surface area contributed by atoms with Crippen LogP contribution in [0.3, 0.4) is 0 Å². The molecule has 0 saturated heterocycles. The Hall–Kier alpha value is -2.14. The minimum atomic E-state index is -1.02. The summed E-state index contributed by atoms with van der Waals surface area (Å²) in [4.78, 5) is 15.8. The van der Waals surface area contributed by atoms with Crippen molar-refractivity contribution in [2.75, 3.05) is 0 Å². The van der Waals surface area contributed by atoms with Crippen molar-refractivity contribution >= 4 is 5.91 Å². The van der Waals surface area contributed by atoms with Gasteiger partial charge in [-0.15, -0.1) is 0 Å². The van der Waals surface area contributed by atoms with E-state index >= 15 is 0 Å². The van der Waals surface area contributed by atoms with Crippen molar-refractivity contribution in [2.45, 2.75) is 26.0 Å². The smallest absolute Gasteiger partial charge is 0.225 e. The fourth-order valence-electron chi connectivity index (χ4n) is 2.74. The number of aromatic nitrogens is 2. The van der Waals surface area contributed by atoms with E-state index in [0.29, 0.717) is 0 Å². The topological polar surface area (TPSA) is 81.1 Å². The van der Waals surface area contributed by atoms with E-state index in [2.05, 4.69) is 4.98 Å². The first-order valence-corrected chi connectivity index (χ1v) is 6.53. The van der Waals surface area contributed by atoms with E-state index < -0.39 is 17.4 Å². The molecule has 3 rings (SSSR count). The third-order valence-electron chi connectivity index (χ3n) is 4.19. The number of aliphatic hydroxyl groups excluding tert-OH is 1. The summed E-state index contributed by atoms with van der Waals surface area (Å²) in [6.07, 6.45) is 2.53. The van der Waals surface area contributed by atoms with Crippen LogP contribution in [0.15, 0.2) is 36.8 Å². The van der Waals surface area contributed by atoms with Gasteiger partial charge in [-0.3, -0.25) is 4.79 Å². The molecule has 2 heterocycles. The molecular formula is C15H17N3O2. The Kier molecular flexibility index (Phi) is 2.69. The van der Waals surface area contributed by atoms with Gasteiger partial charge in [-0.1, -0.05) is 24.3 Å². The number of benzene rings is 1. The number of nitrogens with two attached hydrogens (primary N) is 1. The van der Waals surface area contributed by atoms with Crippen molar-refractivity contribution in [3.8, 4) is 11.3 Å². The molecule has 0 bridgehead atoms. The largest absolute Gasteiger partial charge is 0.389 e. The molecule has 2 atom stereocenters.